The summed E-state index contributed by atoms with van der Waals surface area (Å²) in [7, 11) is -4.15. The normalized spacial score (nSPS) is 13.5. The summed E-state index contributed by atoms with van der Waals surface area (Å²) in [6.07, 6.45) is 2.11. The first-order valence-corrected chi connectivity index (χ1v) is 7.16. The standard InChI is InChI=1S/C11H21O4P/c1-4-10(12)8-11(16(13,14)15)7-5-6-9(2)3/h11H,2,4-8H2,1,3H3,(H2,13,14,15). The third-order valence-corrected chi connectivity index (χ3v) is 3.87. The number of ketones is 1. The summed E-state index contributed by atoms with van der Waals surface area (Å²) in [6, 6.07) is 0. The van der Waals surface area contributed by atoms with E-state index in [4.69, 9.17) is 9.79 Å². The van der Waals surface area contributed by atoms with Crippen molar-refractivity contribution in [2.75, 3.05) is 0 Å². The van der Waals surface area contributed by atoms with E-state index in [1.54, 1.807) is 6.92 Å². The Morgan fingerprint density at radius 1 is 1.44 bits per heavy atom. The summed E-state index contributed by atoms with van der Waals surface area (Å²) in [5.74, 6) is -0.0938. The third-order valence-electron chi connectivity index (χ3n) is 2.47. The van der Waals surface area contributed by atoms with Crippen LogP contribution in [0.25, 0.3) is 0 Å². The van der Waals surface area contributed by atoms with Crippen molar-refractivity contribution in [3.8, 4) is 0 Å². The summed E-state index contributed by atoms with van der Waals surface area (Å²) in [5.41, 5.74) is 0.172. The van der Waals surface area contributed by atoms with Crippen LogP contribution in [0.1, 0.15) is 46.0 Å². The predicted molar refractivity (Wildman–Crippen MR) is 64.4 cm³/mol. The second kappa shape index (κ2) is 7.00. The van der Waals surface area contributed by atoms with Gasteiger partial charge in [0.2, 0.25) is 0 Å². The van der Waals surface area contributed by atoms with Gasteiger partial charge in [0.15, 0.2) is 0 Å². The van der Waals surface area contributed by atoms with E-state index < -0.39 is 13.3 Å². The van der Waals surface area contributed by atoms with Crippen LogP contribution in [0.5, 0.6) is 0 Å². The van der Waals surface area contributed by atoms with Crippen molar-refractivity contribution >= 4 is 13.4 Å². The summed E-state index contributed by atoms with van der Waals surface area (Å²) >= 11 is 0. The number of hydrogen-bond acceptors (Lipinski definition) is 2. The second-order valence-electron chi connectivity index (χ2n) is 4.19. The van der Waals surface area contributed by atoms with E-state index in [1.165, 1.54) is 0 Å². The molecule has 1 atom stereocenters. The maximum atomic E-state index is 11.2. The van der Waals surface area contributed by atoms with Gasteiger partial charge >= 0.3 is 7.60 Å². The van der Waals surface area contributed by atoms with Crippen LogP contribution in [-0.2, 0) is 9.36 Å². The zero-order chi connectivity index (χ0) is 12.8. The van der Waals surface area contributed by atoms with Gasteiger partial charge in [-0.3, -0.25) is 9.36 Å². The molecule has 0 rings (SSSR count). The Morgan fingerprint density at radius 3 is 2.38 bits per heavy atom. The van der Waals surface area contributed by atoms with Crippen LogP contribution in [0.3, 0.4) is 0 Å². The lowest BCUT2D eigenvalue weighted by Gasteiger charge is -2.17. The van der Waals surface area contributed by atoms with Crippen molar-refractivity contribution in [2.24, 2.45) is 0 Å². The Kier molecular flexibility index (Phi) is 6.81. The highest BCUT2D eigenvalue weighted by atomic mass is 31.2. The summed E-state index contributed by atoms with van der Waals surface area (Å²) in [4.78, 5) is 29.5. The highest BCUT2D eigenvalue weighted by Crippen LogP contribution is 2.45. The molecule has 94 valence electrons. The van der Waals surface area contributed by atoms with E-state index in [0.29, 0.717) is 19.3 Å². The first kappa shape index (κ1) is 15.6. The Labute approximate surface area is 96.9 Å². The first-order chi connectivity index (χ1) is 7.27. The van der Waals surface area contributed by atoms with Gasteiger partial charge in [-0.05, 0) is 26.2 Å². The van der Waals surface area contributed by atoms with Crippen LogP contribution in [0, 0.1) is 0 Å². The van der Waals surface area contributed by atoms with E-state index in [-0.39, 0.29) is 12.2 Å². The van der Waals surface area contributed by atoms with Gasteiger partial charge in [0.05, 0.1) is 5.66 Å². The van der Waals surface area contributed by atoms with Crippen molar-refractivity contribution in [2.45, 2.75) is 51.6 Å². The van der Waals surface area contributed by atoms with E-state index >= 15 is 0 Å². The smallest absolute Gasteiger partial charge is 0.324 e. The highest BCUT2D eigenvalue weighted by Gasteiger charge is 2.29. The zero-order valence-electron chi connectivity index (χ0n) is 9.98. The molecule has 0 spiro atoms. The van der Waals surface area contributed by atoms with Gasteiger partial charge in [0.25, 0.3) is 0 Å². The average Bonchev–Trinajstić information content (AvgIpc) is 2.13. The lowest BCUT2D eigenvalue weighted by molar-refractivity contribution is -0.118. The van der Waals surface area contributed by atoms with Gasteiger partial charge < -0.3 is 9.79 Å². The topological polar surface area (TPSA) is 74.6 Å². The molecule has 0 fully saturated rings. The van der Waals surface area contributed by atoms with Crippen LogP contribution in [0.2, 0.25) is 0 Å². The van der Waals surface area contributed by atoms with Crippen LogP contribution >= 0.6 is 7.60 Å². The quantitative estimate of drug-likeness (QED) is 0.511. The molecule has 0 saturated carbocycles. The van der Waals surface area contributed by atoms with Gasteiger partial charge in [0, 0.05) is 12.8 Å². The van der Waals surface area contributed by atoms with Crippen molar-refractivity contribution in [1.82, 2.24) is 0 Å². The summed E-state index contributed by atoms with van der Waals surface area (Å²) in [5, 5.41) is 0. The predicted octanol–water partition coefficient (Wildman–Crippen LogP) is 2.65. The van der Waals surface area contributed by atoms with Gasteiger partial charge in [-0.15, -0.1) is 6.58 Å². The number of carbonyl (C=O) groups excluding carboxylic acids is 1. The zero-order valence-corrected chi connectivity index (χ0v) is 10.9. The molecule has 2 N–H and O–H groups in total. The van der Waals surface area contributed by atoms with E-state index in [9.17, 15) is 9.36 Å². The number of carbonyl (C=O) groups is 1. The number of Topliss-reactive ketones (excluding diaryl/α,β-unsaturated/α-hetero) is 1. The molecule has 0 aromatic heterocycles. The second-order valence-corrected chi connectivity index (χ2v) is 6.10. The lowest BCUT2D eigenvalue weighted by atomic mass is 10.1. The fraction of sp³-hybridized carbons (Fsp3) is 0.727. The van der Waals surface area contributed by atoms with Gasteiger partial charge in [-0.25, -0.2) is 0 Å². The monoisotopic (exact) mass is 248 g/mol. The van der Waals surface area contributed by atoms with E-state index in [0.717, 1.165) is 12.0 Å². The fourth-order valence-corrected chi connectivity index (χ4v) is 2.40. The SMILES string of the molecule is C=C(C)CCCC(CC(=O)CC)P(=O)(O)O. The molecule has 0 bridgehead atoms. The van der Waals surface area contributed by atoms with Gasteiger partial charge in [-0.1, -0.05) is 12.5 Å². The molecule has 16 heavy (non-hydrogen) atoms. The molecule has 0 radical (unpaired) electrons. The minimum Gasteiger partial charge on any atom is -0.324 e. The number of hydrogen-bond donors (Lipinski definition) is 2. The van der Waals surface area contributed by atoms with E-state index in [2.05, 4.69) is 6.58 Å². The molecule has 0 aliphatic rings. The molecule has 0 amide bonds. The van der Waals surface area contributed by atoms with Crippen LogP contribution in [0.15, 0.2) is 12.2 Å². The molecule has 0 saturated heterocycles. The lowest BCUT2D eigenvalue weighted by Crippen LogP contribution is -2.14. The Bertz CT molecular complexity index is 292. The largest absolute Gasteiger partial charge is 0.329 e. The third kappa shape index (κ3) is 6.94. The highest BCUT2D eigenvalue weighted by molar-refractivity contribution is 7.52. The Balaban J connectivity index is 4.28. The van der Waals surface area contributed by atoms with Crippen molar-refractivity contribution in [3.63, 3.8) is 0 Å². The van der Waals surface area contributed by atoms with E-state index in [1.807, 2.05) is 6.92 Å². The van der Waals surface area contributed by atoms with Crippen LogP contribution in [-0.4, -0.2) is 21.2 Å². The minimum absolute atomic E-state index is 0.0169. The molecule has 5 heteroatoms. The molecule has 1 unspecified atom stereocenters. The molecular weight excluding hydrogens is 227 g/mol. The number of allylic oxidation sites excluding steroid dienone is 1. The Hall–Kier alpha value is -0.440. The maximum Gasteiger partial charge on any atom is 0.329 e. The molecular formula is C11H21O4P. The van der Waals surface area contributed by atoms with Gasteiger partial charge in [-0.2, -0.15) is 0 Å². The van der Waals surface area contributed by atoms with Crippen molar-refractivity contribution in [3.05, 3.63) is 12.2 Å². The van der Waals surface area contributed by atoms with Gasteiger partial charge in [0.1, 0.15) is 5.78 Å². The van der Waals surface area contributed by atoms with Crippen LogP contribution < -0.4 is 0 Å². The molecule has 4 nitrogen and oxygen atoms in total. The summed E-state index contributed by atoms with van der Waals surface area (Å²) < 4.78 is 11.2. The van der Waals surface area contributed by atoms with Crippen LogP contribution in [0.4, 0.5) is 0 Å². The number of rotatable bonds is 8. The molecule has 0 aliphatic heterocycles. The first-order valence-electron chi connectivity index (χ1n) is 5.48. The minimum atomic E-state index is -4.15. The summed E-state index contributed by atoms with van der Waals surface area (Å²) in [6.45, 7) is 7.31. The molecule has 0 aromatic carbocycles. The maximum absolute atomic E-state index is 11.2. The molecule has 0 aromatic rings. The molecule has 0 heterocycles. The average molecular weight is 248 g/mol. The fourth-order valence-electron chi connectivity index (χ4n) is 1.44. The van der Waals surface area contributed by atoms with Crippen molar-refractivity contribution < 1.29 is 19.1 Å². The molecule has 0 aliphatic carbocycles. The van der Waals surface area contributed by atoms with Crippen molar-refractivity contribution in [1.29, 1.82) is 0 Å². The Morgan fingerprint density at radius 2 is 2.00 bits per heavy atom.